The largest absolute Gasteiger partial charge is 0.481 e. The van der Waals surface area contributed by atoms with Crippen molar-refractivity contribution in [3.05, 3.63) is 77.4 Å². The van der Waals surface area contributed by atoms with Crippen molar-refractivity contribution in [2.75, 3.05) is 0 Å². The monoisotopic (exact) mass is 465 g/mol. The predicted octanol–water partition coefficient (Wildman–Crippen LogP) is 7.56. The Hall–Kier alpha value is -3.29. The highest BCUT2D eigenvalue weighted by Gasteiger charge is 2.30. The minimum Gasteiger partial charge on any atom is -0.481 e. The van der Waals surface area contributed by atoms with Crippen LogP contribution in [0.3, 0.4) is 0 Å². The highest BCUT2D eigenvalue weighted by molar-refractivity contribution is 5.78. The number of carboxylic acid groups (broad SMARTS) is 1. The second kappa shape index (κ2) is 10.1. The van der Waals surface area contributed by atoms with E-state index in [1.165, 1.54) is 30.3 Å². The van der Waals surface area contributed by atoms with Gasteiger partial charge >= 0.3 is 12.1 Å². The second-order valence-electron chi connectivity index (χ2n) is 7.89. The van der Waals surface area contributed by atoms with Gasteiger partial charge in [0.1, 0.15) is 11.6 Å². The Bertz CT molecular complexity index is 1120. The first-order valence-electron chi connectivity index (χ1n) is 9.83. The lowest BCUT2D eigenvalue weighted by atomic mass is 9.89. The first-order valence-corrected chi connectivity index (χ1v) is 9.83. The zero-order valence-corrected chi connectivity index (χ0v) is 17.3. The van der Waals surface area contributed by atoms with Crippen molar-refractivity contribution in [3.8, 4) is 22.5 Å². The third-order valence-electron chi connectivity index (χ3n) is 4.97. The number of halogens is 5. The number of aliphatic carboxylic acids is 1. The van der Waals surface area contributed by atoms with Gasteiger partial charge in [0.25, 0.3) is 0 Å². The van der Waals surface area contributed by atoms with E-state index < -0.39 is 35.3 Å². The minimum atomic E-state index is -4.51. The van der Waals surface area contributed by atoms with Crippen LogP contribution in [-0.4, -0.2) is 16.1 Å². The number of pyridine rings is 1. The molecule has 0 aliphatic rings. The molecule has 0 saturated carbocycles. The fourth-order valence-corrected chi connectivity index (χ4v) is 3.42. The van der Waals surface area contributed by atoms with Crippen molar-refractivity contribution < 1.29 is 31.9 Å². The molecule has 2 aromatic carbocycles. The van der Waals surface area contributed by atoms with Gasteiger partial charge in [-0.15, -0.1) is 0 Å². The van der Waals surface area contributed by atoms with Crippen LogP contribution in [0.2, 0.25) is 0 Å². The fourth-order valence-electron chi connectivity index (χ4n) is 3.42. The van der Waals surface area contributed by atoms with Crippen LogP contribution in [0, 0.1) is 17.6 Å². The lowest BCUT2D eigenvalue weighted by molar-refractivity contribution is -0.139. The van der Waals surface area contributed by atoms with Gasteiger partial charge in [-0.1, -0.05) is 33.4 Å². The number of carboxylic acids is 1. The molecule has 1 atom stereocenters. The highest BCUT2D eigenvalue weighted by Crippen LogP contribution is 2.34. The van der Waals surface area contributed by atoms with Crippen LogP contribution >= 0.6 is 0 Å². The van der Waals surface area contributed by atoms with Gasteiger partial charge in [-0.05, 0) is 54.3 Å². The van der Waals surface area contributed by atoms with Gasteiger partial charge in [-0.3, -0.25) is 4.79 Å². The zero-order chi connectivity index (χ0) is 23.6. The molecule has 8 heteroatoms. The summed E-state index contributed by atoms with van der Waals surface area (Å²) in [5, 5.41) is 9.75. The summed E-state index contributed by atoms with van der Waals surface area (Å²) in [5.41, 5.74) is -0.0116. The molecule has 3 aromatic rings. The first-order chi connectivity index (χ1) is 15.0. The summed E-state index contributed by atoms with van der Waals surface area (Å²) in [6.45, 7) is 3.71. The third-order valence-corrected chi connectivity index (χ3v) is 4.97. The normalized spacial score (nSPS) is 12.4. The van der Waals surface area contributed by atoms with Crippen LogP contribution in [-0.2, 0) is 11.0 Å². The van der Waals surface area contributed by atoms with Crippen molar-refractivity contribution in [2.45, 2.75) is 39.8 Å². The summed E-state index contributed by atoms with van der Waals surface area (Å²) in [5.74, 6) is -3.66. The molecule has 3 rings (SSSR count). The van der Waals surface area contributed by atoms with E-state index in [1.54, 1.807) is 0 Å². The molecule has 0 bridgehead atoms. The summed E-state index contributed by atoms with van der Waals surface area (Å²) in [6.07, 6.45) is -4.22. The molecule has 0 radical (unpaired) electrons. The quantitative estimate of drug-likeness (QED) is 0.382. The van der Waals surface area contributed by atoms with Gasteiger partial charge < -0.3 is 5.11 Å². The molecule has 3 nitrogen and oxygen atoms in total. The van der Waals surface area contributed by atoms with E-state index in [-0.39, 0.29) is 36.7 Å². The SMILES string of the molecule is C.CC(C)CC(C(=O)O)c1cc(-c2ccc(C(F)(F)F)cc2)nc(-c2ccc(F)cc2F)c1. The van der Waals surface area contributed by atoms with Crippen LogP contribution in [0.4, 0.5) is 22.0 Å². The molecule has 33 heavy (non-hydrogen) atoms. The molecule has 0 spiro atoms. The number of hydrogen-bond donors (Lipinski definition) is 1. The van der Waals surface area contributed by atoms with E-state index in [1.807, 2.05) is 13.8 Å². The number of rotatable bonds is 6. The Morgan fingerprint density at radius 1 is 0.970 bits per heavy atom. The van der Waals surface area contributed by atoms with E-state index in [0.717, 1.165) is 18.2 Å². The zero-order valence-electron chi connectivity index (χ0n) is 17.3. The Kier molecular flexibility index (Phi) is 7.95. The van der Waals surface area contributed by atoms with E-state index in [2.05, 4.69) is 4.98 Å². The van der Waals surface area contributed by atoms with Crippen LogP contribution in [0.25, 0.3) is 22.5 Å². The number of alkyl halides is 3. The van der Waals surface area contributed by atoms with E-state index in [9.17, 15) is 31.9 Å². The molecule has 0 aliphatic heterocycles. The number of carbonyl (C=O) groups is 1. The van der Waals surface area contributed by atoms with Crippen LogP contribution in [0.1, 0.15) is 44.7 Å². The lowest BCUT2D eigenvalue weighted by Gasteiger charge is -2.18. The smallest absolute Gasteiger partial charge is 0.416 e. The maximum Gasteiger partial charge on any atom is 0.416 e. The molecule has 0 aliphatic carbocycles. The van der Waals surface area contributed by atoms with Gasteiger partial charge in [0.2, 0.25) is 0 Å². The molecule has 0 fully saturated rings. The maximum absolute atomic E-state index is 14.4. The molecule has 1 heterocycles. The average molecular weight is 465 g/mol. The molecule has 0 saturated heterocycles. The lowest BCUT2D eigenvalue weighted by Crippen LogP contribution is -2.14. The summed E-state index contributed by atoms with van der Waals surface area (Å²) < 4.78 is 66.5. The van der Waals surface area contributed by atoms with Gasteiger partial charge in [0, 0.05) is 17.2 Å². The van der Waals surface area contributed by atoms with Crippen molar-refractivity contribution in [3.63, 3.8) is 0 Å². The Morgan fingerprint density at radius 3 is 2.09 bits per heavy atom. The van der Waals surface area contributed by atoms with Crippen LogP contribution in [0.15, 0.2) is 54.6 Å². The van der Waals surface area contributed by atoms with Crippen molar-refractivity contribution in [2.24, 2.45) is 5.92 Å². The van der Waals surface area contributed by atoms with Crippen molar-refractivity contribution in [1.29, 1.82) is 0 Å². The van der Waals surface area contributed by atoms with Crippen molar-refractivity contribution in [1.82, 2.24) is 4.98 Å². The van der Waals surface area contributed by atoms with Crippen LogP contribution in [0.5, 0.6) is 0 Å². The number of aromatic nitrogens is 1. The Labute approximate surface area is 188 Å². The first kappa shape index (κ1) is 26.0. The topological polar surface area (TPSA) is 50.2 Å². The highest BCUT2D eigenvalue weighted by atomic mass is 19.4. The summed E-state index contributed by atoms with van der Waals surface area (Å²) in [6, 6.07) is 10.0. The molecule has 1 N–H and O–H groups in total. The third kappa shape index (κ3) is 6.15. The summed E-state index contributed by atoms with van der Waals surface area (Å²) in [4.78, 5) is 16.3. The molecular formula is C25H24F5NO2. The molecule has 0 amide bonds. The number of hydrogen-bond acceptors (Lipinski definition) is 2. The van der Waals surface area contributed by atoms with Gasteiger partial charge in [-0.2, -0.15) is 13.2 Å². The minimum absolute atomic E-state index is 0. The maximum atomic E-state index is 14.4. The van der Waals surface area contributed by atoms with Gasteiger partial charge in [-0.25, -0.2) is 13.8 Å². The second-order valence-corrected chi connectivity index (χ2v) is 7.89. The summed E-state index contributed by atoms with van der Waals surface area (Å²) in [7, 11) is 0. The standard InChI is InChI=1S/C24H20F5NO2.CH4/c1-13(2)9-19(23(31)32)15-10-21(14-3-5-16(6-4-14)24(27,28)29)30-22(11-15)18-8-7-17(25)12-20(18)26;/h3-8,10-13,19H,9H2,1-2H3,(H,31,32);1H4. The predicted molar refractivity (Wildman–Crippen MR) is 117 cm³/mol. The fraction of sp³-hybridized carbons (Fsp3) is 0.280. The van der Waals surface area contributed by atoms with Crippen LogP contribution < -0.4 is 0 Å². The molecule has 176 valence electrons. The number of nitrogens with zero attached hydrogens (tertiary/aromatic N) is 1. The number of benzene rings is 2. The Morgan fingerprint density at radius 2 is 1.58 bits per heavy atom. The van der Waals surface area contributed by atoms with Crippen molar-refractivity contribution >= 4 is 5.97 Å². The Balaban J connectivity index is 0.00000385. The average Bonchev–Trinajstić information content (AvgIpc) is 2.71. The van der Waals surface area contributed by atoms with E-state index in [4.69, 9.17) is 0 Å². The van der Waals surface area contributed by atoms with Gasteiger partial charge in [0.05, 0.1) is 22.9 Å². The summed E-state index contributed by atoms with van der Waals surface area (Å²) >= 11 is 0. The molecule has 1 aromatic heterocycles. The molecule has 1 unspecified atom stereocenters. The molecular weight excluding hydrogens is 441 g/mol. The van der Waals surface area contributed by atoms with E-state index >= 15 is 0 Å². The van der Waals surface area contributed by atoms with E-state index in [0.29, 0.717) is 17.2 Å². The van der Waals surface area contributed by atoms with Gasteiger partial charge in [0.15, 0.2) is 0 Å².